The molecule has 0 radical (unpaired) electrons. The predicted octanol–water partition coefficient (Wildman–Crippen LogP) is 3.07. The molecule has 0 aliphatic heterocycles. The molecule has 2 heterocycles. The van der Waals surface area contributed by atoms with E-state index in [0.717, 1.165) is 5.56 Å². The van der Waals surface area contributed by atoms with Crippen LogP contribution in [0.3, 0.4) is 0 Å². The maximum Gasteiger partial charge on any atom is 0.303 e. The standard InChI is InChI=1S/C10H8ClNO3S/c11-8-3-6(5-16-8)7-4-12-9(15-7)1-2-10(13)14/h3-5H,1-2H2,(H,13,14). The fraction of sp³-hybridized carbons (Fsp3) is 0.200. The Bertz CT molecular complexity index is 506. The second-order valence-corrected chi connectivity index (χ2v) is 4.69. The van der Waals surface area contributed by atoms with Crippen molar-refractivity contribution in [2.45, 2.75) is 12.8 Å². The summed E-state index contributed by atoms with van der Waals surface area (Å²) in [5.41, 5.74) is 0.865. The second-order valence-electron chi connectivity index (χ2n) is 3.15. The summed E-state index contributed by atoms with van der Waals surface area (Å²) in [7, 11) is 0. The first kappa shape index (κ1) is 11.2. The molecule has 0 aliphatic carbocycles. The molecule has 6 heteroatoms. The first-order valence-corrected chi connectivity index (χ1v) is 5.82. The van der Waals surface area contributed by atoms with Crippen molar-refractivity contribution >= 4 is 28.9 Å². The van der Waals surface area contributed by atoms with E-state index in [4.69, 9.17) is 21.1 Å². The van der Waals surface area contributed by atoms with E-state index in [-0.39, 0.29) is 6.42 Å². The largest absolute Gasteiger partial charge is 0.481 e. The number of thiophene rings is 1. The molecule has 0 amide bonds. The molecule has 0 saturated carbocycles. The summed E-state index contributed by atoms with van der Waals surface area (Å²) >= 11 is 7.21. The van der Waals surface area contributed by atoms with Gasteiger partial charge in [0, 0.05) is 17.4 Å². The third-order valence-corrected chi connectivity index (χ3v) is 3.05. The monoisotopic (exact) mass is 257 g/mol. The molecule has 0 aromatic carbocycles. The molecule has 84 valence electrons. The van der Waals surface area contributed by atoms with Crippen LogP contribution in [0.15, 0.2) is 22.1 Å². The van der Waals surface area contributed by atoms with Gasteiger partial charge in [0.1, 0.15) is 0 Å². The number of aliphatic carboxylic acids is 1. The average Bonchev–Trinajstić information content (AvgIpc) is 2.83. The van der Waals surface area contributed by atoms with Crippen LogP contribution in [0.5, 0.6) is 0 Å². The number of carboxylic acids is 1. The van der Waals surface area contributed by atoms with E-state index in [1.807, 2.05) is 5.38 Å². The summed E-state index contributed by atoms with van der Waals surface area (Å²) in [6.07, 6.45) is 1.90. The zero-order valence-corrected chi connectivity index (χ0v) is 9.72. The lowest BCUT2D eigenvalue weighted by Gasteiger charge is -1.91. The highest BCUT2D eigenvalue weighted by Crippen LogP contribution is 2.29. The minimum Gasteiger partial charge on any atom is -0.481 e. The maximum absolute atomic E-state index is 10.4. The summed E-state index contributed by atoms with van der Waals surface area (Å²) in [5, 5.41) is 10.4. The van der Waals surface area contributed by atoms with Gasteiger partial charge in [-0.1, -0.05) is 11.6 Å². The molecule has 4 nitrogen and oxygen atoms in total. The quantitative estimate of drug-likeness (QED) is 0.914. The lowest BCUT2D eigenvalue weighted by Crippen LogP contribution is -1.97. The Hall–Kier alpha value is -1.33. The molecule has 16 heavy (non-hydrogen) atoms. The van der Waals surface area contributed by atoms with Gasteiger partial charge in [-0.3, -0.25) is 4.79 Å². The number of carboxylic acid groups (broad SMARTS) is 1. The van der Waals surface area contributed by atoms with Crippen molar-refractivity contribution < 1.29 is 14.3 Å². The van der Waals surface area contributed by atoms with Crippen LogP contribution >= 0.6 is 22.9 Å². The summed E-state index contributed by atoms with van der Waals surface area (Å²) in [6, 6.07) is 1.79. The Morgan fingerprint density at radius 2 is 2.44 bits per heavy atom. The van der Waals surface area contributed by atoms with Crippen LogP contribution in [0.2, 0.25) is 4.34 Å². The van der Waals surface area contributed by atoms with E-state index in [9.17, 15) is 4.79 Å². The van der Waals surface area contributed by atoms with Crippen LogP contribution in [-0.4, -0.2) is 16.1 Å². The van der Waals surface area contributed by atoms with Crippen molar-refractivity contribution in [3.63, 3.8) is 0 Å². The molecule has 2 aromatic rings. The summed E-state index contributed by atoms with van der Waals surface area (Å²) in [6.45, 7) is 0. The van der Waals surface area contributed by atoms with E-state index in [1.54, 1.807) is 12.3 Å². The molecule has 0 unspecified atom stereocenters. The Kier molecular flexibility index (Phi) is 3.26. The van der Waals surface area contributed by atoms with Crippen molar-refractivity contribution in [3.05, 3.63) is 27.9 Å². The normalized spacial score (nSPS) is 10.6. The molecule has 0 aliphatic rings. The van der Waals surface area contributed by atoms with Crippen LogP contribution in [0.25, 0.3) is 11.3 Å². The van der Waals surface area contributed by atoms with Crippen LogP contribution in [0.1, 0.15) is 12.3 Å². The lowest BCUT2D eigenvalue weighted by molar-refractivity contribution is -0.137. The summed E-state index contributed by atoms with van der Waals surface area (Å²) < 4.78 is 6.09. The van der Waals surface area contributed by atoms with Gasteiger partial charge < -0.3 is 9.52 Å². The third kappa shape index (κ3) is 2.62. The van der Waals surface area contributed by atoms with Crippen molar-refractivity contribution in [2.75, 3.05) is 0 Å². The van der Waals surface area contributed by atoms with Gasteiger partial charge >= 0.3 is 5.97 Å². The van der Waals surface area contributed by atoms with Crippen LogP contribution in [0, 0.1) is 0 Å². The summed E-state index contributed by atoms with van der Waals surface area (Å²) in [4.78, 5) is 14.4. The van der Waals surface area contributed by atoms with Crippen LogP contribution < -0.4 is 0 Å². The Balaban J connectivity index is 2.10. The Morgan fingerprint density at radius 1 is 1.62 bits per heavy atom. The van der Waals surface area contributed by atoms with E-state index in [0.29, 0.717) is 22.4 Å². The maximum atomic E-state index is 10.4. The second kappa shape index (κ2) is 4.67. The van der Waals surface area contributed by atoms with E-state index >= 15 is 0 Å². The zero-order valence-electron chi connectivity index (χ0n) is 8.14. The van der Waals surface area contributed by atoms with Crippen molar-refractivity contribution in [1.82, 2.24) is 4.98 Å². The molecule has 2 rings (SSSR count). The van der Waals surface area contributed by atoms with Crippen molar-refractivity contribution in [2.24, 2.45) is 0 Å². The number of aromatic nitrogens is 1. The lowest BCUT2D eigenvalue weighted by atomic mass is 10.3. The molecule has 0 atom stereocenters. The highest BCUT2D eigenvalue weighted by molar-refractivity contribution is 7.14. The number of halogens is 1. The van der Waals surface area contributed by atoms with Crippen LogP contribution in [0.4, 0.5) is 0 Å². The smallest absolute Gasteiger partial charge is 0.303 e. The minimum absolute atomic E-state index is 0.0182. The fourth-order valence-electron chi connectivity index (χ4n) is 1.21. The number of rotatable bonds is 4. The zero-order chi connectivity index (χ0) is 11.5. The van der Waals surface area contributed by atoms with Gasteiger partial charge in [0.25, 0.3) is 0 Å². The number of hydrogen-bond acceptors (Lipinski definition) is 4. The SMILES string of the molecule is O=C(O)CCc1ncc(-c2csc(Cl)c2)o1. The van der Waals surface area contributed by atoms with E-state index < -0.39 is 5.97 Å². The molecular formula is C10H8ClNO3S. The molecular weight excluding hydrogens is 250 g/mol. The highest BCUT2D eigenvalue weighted by Gasteiger charge is 2.09. The number of aryl methyl sites for hydroxylation is 1. The molecule has 0 spiro atoms. The highest BCUT2D eigenvalue weighted by atomic mass is 35.5. The molecule has 0 saturated heterocycles. The van der Waals surface area contributed by atoms with E-state index in [2.05, 4.69) is 4.98 Å². The average molecular weight is 258 g/mol. The van der Waals surface area contributed by atoms with Crippen molar-refractivity contribution in [1.29, 1.82) is 0 Å². The number of nitrogens with zero attached hydrogens (tertiary/aromatic N) is 1. The van der Waals surface area contributed by atoms with Crippen molar-refractivity contribution in [3.8, 4) is 11.3 Å². The molecule has 1 N–H and O–H groups in total. The first-order chi connectivity index (χ1) is 7.65. The van der Waals surface area contributed by atoms with Gasteiger partial charge in [-0.05, 0) is 6.07 Å². The molecule has 0 fully saturated rings. The predicted molar refractivity (Wildman–Crippen MR) is 60.8 cm³/mol. The summed E-state index contributed by atoms with van der Waals surface area (Å²) in [5.74, 6) is 0.182. The number of oxazole rings is 1. The Labute approximate surface area is 100 Å². The van der Waals surface area contributed by atoms with Gasteiger partial charge in [0.05, 0.1) is 17.0 Å². The van der Waals surface area contributed by atoms with Gasteiger partial charge in [0.15, 0.2) is 11.7 Å². The third-order valence-electron chi connectivity index (χ3n) is 1.96. The molecule has 2 aromatic heterocycles. The van der Waals surface area contributed by atoms with E-state index in [1.165, 1.54) is 11.3 Å². The first-order valence-electron chi connectivity index (χ1n) is 4.56. The Morgan fingerprint density at radius 3 is 3.06 bits per heavy atom. The van der Waals surface area contributed by atoms with Gasteiger partial charge in [0.2, 0.25) is 0 Å². The molecule has 0 bridgehead atoms. The van der Waals surface area contributed by atoms with Gasteiger partial charge in [-0.15, -0.1) is 11.3 Å². The van der Waals surface area contributed by atoms with Gasteiger partial charge in [-0.25, -0.2) is 4.98 Å². The fourth-order valence-corrected chi connectivity index (χ4v) is 2.08. The van der Waals surface area contributed by atoms with Crippen LogP contribution in [-0.2, 0) is 11.2 Å². The number of carbonyl (C=O) groups is 1. The number of hydrogen-bond donors (Lipinski definition) is 1. The van der Waals surface area contributed by atoms with Gasteiger partial charge in [-0.2, -0.15) is 0 Å². The topological polar surface area (TPSA) is 63.3 Å². The minimum atomic E-state index is -0.863.